The molecule has 0 aromatic carbocycles. The first kappa shape index (κ1) is 9.00. The summed E-state index contributed by atoms with van der Waals surface area (Å²) in [6.07, 6.45) is 4.44. The van der Waals surface area contributed by atoms with E-state index in [2.05, 4.69) is 5.32 Å². The molecule has 0 aromatic rings. The van der Waals surface area contributed by atoms with Crippen LogP contribution in [0.1, 0.15) is 25.7 Å². The molecule has 0 spiro atoms. The Labute approximate surface area is 78.8 Å². The quantitative estimate of drug-likeness (QED) is 0.662. The van der Waals surface area contributed by atoms with E-state index < -0.39 is 0 Å². The van der Waals surface area contributed by atoms with Crippen LogP contribution in [0.25, 0.3) is 0 Å². The molecule has 2 rings (SSSR count). The largest absolute Gasteiger partial charge is 0.465 e. The highest BCUT2D eigenvalue weighted by Crippen LogP contribution is 2.27. The van der Waals surface area contributed by atoms with Crippen LogP contribution in [0.4, 0.5) is 0 Å². The van der Waals surface area contributed by atoms with Crippen LogP contribution < -0.4 is 5.32 Å². The predicted octanol–water partition coefficient (Wildman–Crippen LogP) is 0.939. The van der Waals surface area contributed by atoms with Crippen molar-refractivity contribution in [2.45, 2.75) is 25.7 Å². The monoisotopic (exact) mass is 183 g/mol. The highest BCUT2D eigenvalue weighted by Gasteiger charge is 2.27. The molecule has 74 valence electrons. The molecule has 2 aliphatic rings. The van der Waals surface area contributed by atoms with E-state index in [4.69, 9.17) is 4.74 Å². The zero-order valence-corrected chi connectivity index (χ0v) is 7.92. The van der Waals surface area contributed by atoms with E-state index in [1.165, 1.54) is 6.42 Å². The lowest BCUT2D eigenvalue weighted by atomic mass is 9.86. The van der Waals surface area contributed by atoms with Crippen LogP contribution in [-0.2, 0) is 9.53 Å². The average molecular weight is 183 g/mol. The number of carbonyl (C=O) groups excluding carboxylic acids is 1. The predicted molar refractivity (Wildman–Crippen MR) is 49.3 cm³/mol. The fourth-order valence-electron chi connectivity index (χ4n) is 1.82. The van der Waals surface area contributed by atoms with Crippen molar-refractivity contribution in [2.75, 3.05) is 19.7 Å². The van der Waals surface area contributed by atoms with Crippen LogP contribution in [0.2, 0.25) is 0 Å². The molecule has 1 saturated heterocycles. The van der Waals surface area contributed by atoms with Gasteiger partial charge in [-0.25, -0.2) is 0 Å². The third kappa shape index (κ3) is 2.21. The number of rotatable bonds is 3. The molecular formula is C10H17NO2. The van der Waals surface area contributed by atoms with Gasteiger partial charge in [0.1, 0.15) is 0 Å². The zero-order chi connectivity index (χ0) is 9.10. The van der Waals surface area contributed by atoms with E-state index >= 15 is 0 Å². The summed E-state index contributed by atoms with van der Waals surface area (Å²) < 4.78 is 5.25. The zero-order valence-electron chi connectivity index (χ0n) is 7.92. The molecular weight excluding hydrogens is 166 g/mol. The number of hydrogen-bond acceptors (Lipinski definition) is 3. The normalized spacial score (nSPS) is 28.5. The second kappa shape index (κ2) is 4.09. The first-order valence-corrected chi connectivity index (χ1v) is 5.23. The molecule has 1 unspecified atom stereocenters. The molecule has 1 atom stereocenters. The van der Waals surface area contributed by atoms with E-state index in [9.17, 15) is 4.79 Å². The number of hydrogen-bond donors (Lipinski definition) is 1. The van der Waals surface area contributed by atoms with Crippen molar-refractivity contribution in [3.8, 4) is 0 Å². The van der Waals surface area contributed by atoms with Crippen LogP contribution in [0, 0.1) is 11.8 Å². The molecule has 2 fully saturated rings. The van der Waals surface area contributed by atoms with Crippen molar-refractivity contribution in [2.24, 2.45) is 11.8 Å². The van der Waals surface area contributed by atoms with E-state index in [0.717, 1.165) is 32.4 Å². The average Bonchev–Trinajstić information content (AvgIpc) is 2.49. The van der Waals surface area contributed by atoms with Gasteiger partial charge in [0.2, 0.25) is 0 Å². The maximum Gasteiger partial charge on any atom is 0.308 e. The first-order chi connectivity index (χ1) is 6.36. The fourth-order valence-corrected chi connectivity index (χ4v) is 1.82. The number of ether oxygens (including phenoxy) is 1. The maximum absolute atomic E-state index is 11.3. The molecule has 1 aliphatic carbocycles. The van der Waals surface area contributed by atoms with Crippen molar-refractivity contribution in [1.82, 2.24) is 5.32 Å². The van der Waals surface area contributed by atoms with Crippen molar-refractivity contribution >= 4 is 5.97 Å². The Hall–Kier alpha value is -0.570. The first-order valence-electron chi connectivity index (χ1n) is 5.23. The second-order valence-electron chi connectivity index (χ2n) is 4.12. The van der Waals surface area contributed by atoms with Crippen LogP contribution in [0.5, 0.6) is 0 Å². The summed E-state index contributed by atoms with van der Waals surface area (Å²) >= 11 is 0. The Morgan fingerprint density at radius 2 is 2.23 bits per heavy atom. The Morgan fingerprint density at radius 3 is 2.77 bits per heavy atom. The highest BCUT2D eigenvalue weighted by molar-refractivity contribution is 5.73. The van der Waals surface area contributed by atoms with Gasteiger partial charge in [-0.2, -0.15) is 0 Å². The minimum absolute atomic E-state index is 0.0400. The molecule has 0 radical (unpaired) electrons. The standard InChI is InChI=1S/C10H17NO2/c12-10(9-2-1-3-9)13-7-8-4-5-11-6-8/h8-9,11H,1-7H2. The number of nitrogens with one attached hydrogen (secondary N) is 1. The molecule has 1 heterocycles. The Morgan fingerprint density at radius 1 is 1.38 bits per heavy atom. The van der Waals surface area contributed by atoms with Gasteiger partial charge in [0.05, 0.1) is 12.5 Å². The summed E-state index contributed by atoms with van der Waals surface area (Å²) in [6, 6.07) is 0. The van der Waals surface area contributed by atoms with Crippen molar-refractivity contribution in [3.63, 3.8) is 0 Å². The third-order valence-corrected chi connectivity index (χ3v) is 3.06. The van der Waals surface area contributed by atoms with Gasteiger partial charge >= 0.3 is 5.97 Å². The van der Waals surface area contributed by atoms with Crippen molar-refractivity contribution < 1.29 is 9.53 Å². The van der Waals surface area contributed by atoms with Crippen LogP contribution in [0.15, 0.2) is 0 Å². The Balaban J connectivity index is 1.63. The summed E-state index contributed by atoms with van der Waals surface area (Å²) in [7, 11) is 0. The van der Waals surface area contributed by atoms with Crippen molar-refractivity contribution in [1.29, 1.82) is 0 Å². The van der Waals surface area contributed by atoms with Crippen LogP contribution >= 0.6 is 0 Å². The maximum atomic E-state index is 11.3. The highest BCUT2D eigenvalue weighted by atomic mass is 16.5. The summed E-state index contributed by atoms with van der Waals surface area (Å²) in [5, 5.41) is 3.26. The summed E-state index contributed by atoms with van der Waals surface area (Å²) in [6.45, 7) is 2.71. The summed E-state index contributed by atoms with van der Waals surface area (Å²) in [5.74, 6) is 0.830. The molecule has 0 aromatic heterocycles. The number of esters is 1. The van der Waals surface area contributed by atoms with Gasteiger partial charge in [0.15, 0.2) is 0 Å². The smallest absolute Gasteiger partial charge is 0.308 e. The van der Waals surface area contributed by atoms with Gasteiger partial charge in [-0.15, -0.1) is 0 Å². The van der Waals surface area contributed by atoms with Gasteiger partial charge in [-0.3, -0.25) is 4.79 Å². The van der Waals surface area contributed by atoms with Crippen molar-refractivity contribution in [3.05, 3.63) is 0 Å². The molecule has 13 heavy (non-hydrogen) atoms. The molecule has 0 bridgehead atoms. The minimum Gasteiger partial charge on any atom is -0.465 e. The SMILES string of the molecule is O=C(OCC1CCNC1)C1CCC1. The lowest BCUT2D eigenvalue weighted by Gasteiger charge is -2.23. The van der Waals surface area contributed by atoms with Crippen LogP contribution in [0.3, 0.4) is 0 Å². The lowest BCUT2D eigenvalue weighted by molar-refractivity contribution is -0.152. The van der Waals surface area contributed by atoms with E-state index in [0.29, 0.717) is 12.5 Å². The molecule has 1 aliphatic heterocycles. The fraction of sp³-hybridized carbons (Fsp3) is 0.900. The number of carbonyl (C=O) groups is 1. The van der Waals surface area contributed by atoms with Gasteiger partial charge in [0.25, 0.3) is 0 Å². The Kier molecular flexibility index (Phi) is 2.83. The molecule has 1 N–H and O–H groups in total. The molecule has 0 amide bonds. The molecule has 3 nitrogen and oxygen atoms in total. The third-order valence-electron chi connectivity index (χ3n) is 3.06. The van der Waals surface area contributed by atoms with E-state index in [1.54, 1.807) is 0 Å². The summed E-state index contributed by atoms with van der Waals surface area (Å²) in [5.41, 5.74) is 0. The second-order valence-corrected chi connectivity index (χ2v) is 4.12. The van der Waals surface area contributed by atoms with Gasteiger partial charge in [0, 0.05) is 12.5 Å². The van der Waals surface area contributed by atoms with Gasteiger partial charge in [-0.1, -0.05) is 6.42 Å². The summed E-state index contributed by atoms with van der Waals surface area (Å²) in [4.78, 5) is 11.3. The molecule has 3 heteroatoms. The van der Waals surface area contributed by atoms with Gasteiger partial charge < -0.3 is 10.1 Å². The van der Waals surface area contributed by atoms with Crippen LogP contribution in [-0.4, -0.2) is 25.7 Å². The van der Waals surface area contributed by atoms with E-state index in [1.807, 2.05) is 0 Å². The van der Waals surface area contributed by atoms with E-state index in [-0.39, 0.29) is 11.9 Å². The topological polar surface area (TPSA) is 38.3 Å². The Bertz CT molecular complexity index is 183. The minimum atomic E-state index is 0.0400. The molecule has 1 saturated carbocycles. The van der Waals surface area contributed by atoms with Gasteiger partial charge in [-0.05, 0) is 25.8 Å². The lowest BCUT2D eigenvalue weighted by Crippen LogP contribution is -2.26.